The number of para-hydroxylation sites is 3. The van der Waals surface area contributed by atoms with Gasteiger partial charge in [0.25, 0.3) is 0 Å². The Balaban J connectivity index is 1.18. The Hall–Kier alpha value is -8.00. The van der Waals surface area contributed by atoms with E-state index < -0.39 is 0 Å². The third kappa shape index (κ3) is 5.93. The maximum atomic E-state index is 5.35. The van der Waals surface area contributed by atoms with Crippen molar-refractivity contribution in [1.82, 2.24) is 19.1 Å². The fourth-order valence-electron chi connectivity index (χ4n) is 9.90. The Morgan fingerprint density at radius 1 is 0.565 bits per heavy atom. The summed E-state index contributed by atoms with van der Waals surface area (Å²) in [4.78, 5) is 10.7. The number of aryl methyl sites for hydroxylation is 1. The van der Waals surface area contributed by atoms with Crippen molar-refractivity contribution in [3.8, 4) is 67.7 Å². The van der Waals surface area contributed by atoms with Gasteiger partial charge in [0, 0.05) is 61.5 Å². The summed E-state index contributed by atoms with van der Waals surface area (Å²) < 4.78 is 5.10. The van der Waals surface area contributed by atoms with Gasteiger partial charge in [-0.2, -0.15) is 0 Å². The zero-order valence-electron chi connectivity index (χ0n) is 34.0. The first-order chi connectivity index (χ1) is 30.8. The molecule has 7 aromatic carbocycles. The van der Waals surface area contributed by atoms with Gasteiger partial charge in [-0.3, -0.25) is 0 Å². The summed E-state index contributed by atoms with van der Waals surface area (Å²) in [6, 6.07) is 69.4. The van der Waals surface area contributed by atoms with Gasteiger partial charge in [0.05, 0.1) is 33.8 Å². The highest BCUT2D eigenvalue weighted by Gasteiger charge is 2.33. The van der Waals surface area contributed by atoms with Crippen LogP contribution in [0, 0.1) is 12.1 Å². The van der Waals surface area contributed by atoms with Crippen LogP contribution in [0.15, 0.2) is 200 Å². The first-order valence-corrected chi connectivity index (χ1v) is 21.5. The van der Waals surface area contributed by atoms with E-state index in [0.29, 0.717) is 5.82 Å². The Bertz CT molecular complexity index is 3300. The topological polar surface area (TPSA) is 35.6 Å². The largest absolute Gasteiger partial charge is 0.312 e. The highest BCUT2D eigenvalue weighted by Crippen LogP contribution is 2.50. The fourth-order valence-corrected chi connectivity index (χ4v) is 9.90. The van der Waals surface area contributed by atoms with Gasteiger partial charge in [0.15, 0.2) is 5.82 Å². The van der Waals surface area contributed by atoms with Crippen LogP contribution < -0.4 is 0 Å². The normalized spacial score (nSPS) is 14.2. The average Bonchev–Trinajstić information content (AvgIpc) is 3.87. The average molecular weight is 793 g/mol. The molecule has 1 atom stereocenters. The lowest BCUT2D eigenvalue weighted by Gasteiger charge is -2.26. The maximum Gasteiger partial charge on any atom is 0.160 e. The highest BCUT2D eigenvalue weighted by atomic mass is 15.0. The number of rotatable bonds is 7. The second-order valence-corrected chi connectivity index (χ2v) is 16.2. The molecule has 0 amide bonds. The van der Waals surface area contributed by atoms with E-state index in [1.54, 1.807) is 0 Å². The minimum absolute atomic E-state index is 0.110. The van der Waals surface area contributed by atoms with Gasteiger partial charge in [-0.15, -0.1) is 0 Å². The summed E-state index contributed by atoms with van der Waals surface area (Å²) in [6.07, 6.45) is 11.7. The quantitative estimate of drug-likeness (QED) is 0.161. The van der Waals surface area contributed by atoms with Gasteiger partial charge in [-0.1, -0.05) is 158 Å². The van der Waals surface area contributed by atoms with Gasteiger partial charge < -0.3 is 9.13 Å². The Morgan fingerprint density at radius 3 is 1.90 bits per heavy atom. The number of allylic oxidation sites excluding steroid dienone is 4. The van der Waals surface area contributed by atoms with Crippen LogP contribution in [0.2, 0.25) is 0 Å². The predicted octanol–water partition coefficient (Wildman–Crippen LogP) is 14.0. The summed E-state index contributed by atoms with van der Waals surface area (Å²) in [5.74, 6) is 0.796. The van der Waals surface area contributed by atoms with E-state index in [0.717, 1.165) is 58.5 Å². The molecule has 2 aliphatic rings. The first-order valence-electron chi connectivity index (χ1n) is 21.5. The lowest BCUT2D eigenvalue weighted by molar-refractivity contribution is 0.819. The van der Waals surface area contributed by atoms with Crippen molar-refractivity contribution >= 4 is 21.8 Å². The summed E-state index contributed by atoms with van der Waals surface area (Å²) in [5.41, 5.74) is 18.2. The third-order valence-electron chi connectivity index (χ3n) is 12.6. The van der Waals surface area contributed by atoms with Crippen LogP contribution in [-0.4, -0.2) is 19.1 Å². The minimum Gasteiger partial charge on any atom is -0.312 e. The minimum atomic E-state index is 0.110. The van der Waals surface area contributed by atoms with Crippen molar-refractivity contribution in [3.63, 3.8) is 0 Å². The van der Waals surface area contributed by atoms with E-state index in [9.17, 15) is 0 Å². The molecule has 0 fully saturated rings. The van der Waals surface area contributed by atoms with E-state index >= 15 is 0 Å². The molecule has 3 heterocycles. The zero-order valence-corrected chi connectivity index (χ0v) is 34.0. The van der Waals surface area contributed by atoms with E-state index in [-0.39, 0.29) is 5.92 Å². The van der Waals surface area contributed by atoms with Crippen molar-refractivity contribution in [3.05, 3.63) is 229 Å². The standard InChI is InChI=1S/C58H40N4/c1-6-20-39(21-7-1)48-36-43(58-59-50(41-24-10-3-11-25-41)38-51(60-58)42-26-12-4-13-27-42)37-49(40-22-8-2-9-23-40)56(48)62-53-33-19-17-31-47(53)55-54(62)35-34-46-45-30-16-18-32-52(45)61(57(46)55)44-28-14-5-15-29-44/h1-8,10-20,22,24-33,36-39H,21,34-35H2. The summed E-state index contributed by atoms with van der Waals surface area (Å²) >= 11 is 0. The number of nitrogens with zero attached hydrogens (tertiary/aromatic N) is 4. The molecule has 0 N–H and O–H groups in total. The molecule has 292 valence electrons. The second-order valence-electron chi connectivity index (χ2n) is 16.2. The van der Waals surface area contributed by atoms with Crippen LogP contribution in [0.1, 0.15) is 29.2 Å². The van der Waals surface area contributed by atoms with Crippen LogP contribution in [0.25, 0.3) is 89.5 Å². The Labute approximate surface area is 361 Å². The first kappa shape index (κ1) is 35.9. The van der Waals surface area contributed by atoms with Gasteiger partial charge >= 0.3 is 0 Å². The van der Waals surface area contributed by atoms with Crippen molar-refractivity contribution in [2.45, 2.75) is 25.2 Å². The van der Waals surface area contributed by atoms with Crippen molar-refractivity contribution in [1.29, 1.82) is 0 Å². The number of hydrogen-bond acceptors (Lipinski definition) is 2. The molecule has 0 bridgehead atoms. The van der Waals surface area contributed by atoms with Crippen LogP contribution >= 0.6 is 0 Å². The smallest absolute Gasteiger partial charge is 0.160 e. The molecule has 10 aromatic rings. The van der Waals surface area contributed by atoms with E-state index in [4.69, 9.17) is 9.97 Å². The number of hydrogen-bond donors (Lipinski definition) is 0. The Kier molecular flexibility index (Phi) is 8.64. The molecule has 4 heteroatoms. The molecular weight excluding hydrogens is 753 g/mol. The molecular formula is C58H40N4. The van der Waals surface area contributed by atoms with Crippen LogP contribution in [-0.2, 0) is 12.8 Å². The van der Waals surface area contributed by atoms with Gasteiger partial charge in [-0.05, 0) is 85.0 Å². The number of fused-ring (bicyclic) bond motifs is 7. The second kappa shape index (κ2) is 14.9. The predicted molar refractivity (Wildman–Crippen MR) is 254 cm³/mol. The van der Waals surface area contributed by atoms with Gasteiger partial charge in [0.2, 0.25) is 0 Å². The fraction of sp³-hybridized carbons (Fsp3) is 0.0690. The number of benzene rings is 6. The summed E-state index contributed by atoms with van der Waals surface area (Å²) in [6.45, 7) is 0. The summed E-state index contributed by atoms with van der Waals surface area (Å²) in [7, 11) is 0. The molecule has 12 rings (SSSR count). The van der Waals surface area contributed by atoms with Crippen molar-refractivity contribution in [2.75, 3.05) is 0 Å². The SMILES string of the molecule is c1cccc(-c2cc(-c3nc(-c4ccccc4)cc(-c4ccccc4)n3)cc(C3C=CC=CC3)c2-n2c3c(c4ccccc42)-c2c(c4ccccc4n2-c2ccccc2)CC3)c#1. The molecule has 0 radical (unpaired) electrons. The molecule has 0 spiro atoms. The molecule has 1 unspecified atom stereocenters. The van der Waals surface area contributed by atoms with Crippen molar-refractivity contribution in [2.24, 2.45) is 0 Å². The van der Waals surface area contributed by atoms with Crippen LogP contribution in [0.3, 0.4) is 0 Å². The lowest BCUT2D eigenvalue weighted by Crippen LogP contribution is -2.13. The lowest BCUT2D eigenvalue weighted by atomic mass is 9.86. The Morgan fingerprint density at radius 2 is 1.23 bits per heavy atom. The van der Waals surface area contributed by atoms with Gasteiger partial charge in [-0.25, -0.2) is 9.97 Å². The van der Waals surface area contributed by atoms with Crippen molar-refractivity contribution < 1.29 is 0 Å². The molecule has 0 aliphatic heterocycles. The van der Waals surface area contributed by atoms with E-state index in [1.807, 2.05) is 18.2 Å². The molecule has 4 nitrogen and oxygen atoms in total. The monoisotopic (exact) mass is 792 g/mol. The zero-order chi connectivity index (χ0) is 41.0. The number of aromatic nitrogens is 4. The van der Waals surface area contributed by atoms with E-state index in [1.165, 1.54) is 61.3 Å². The van der Waals surface area contributed by atoms with Gasteiger partial charge in [0.1, 0.15) is 0 Å². The van der Waals surface area contributed by atoms with Crippen LogP contribution in [0.5, 0.6) is 0 Å². The van der Waals surface area contributed by atoms with Crippen LogP contribution in [0.4, 0.5) is 0 Å². The summed E-state index contributed by atoms with van der Waals surface area (Å²) in [5, 5.41) is 2.57. The molecule has 0 saturated carbocycles. The molecule has 0 saturated heterocycles. The third-order valence-corrected chi connectivity index (χ3v) is 12.6. The molecule has 3 aromatic heterocycles. The van der Waals surface area contributed by atoms with E-state index in [2.05, 4.69) is 203 Å². The maximum absolute atomic E-state index is 5.35. The highest BCUT2D eigenvalue weighted by molar-refractivity contribution is 6.06. The molecule has 2 aliphatic carbocycles. The molecule has 62 heavy (non-hydrogen) atoms.